The summed E-state index contributed by atoms with van der Waals surface area (Å²) in [5, 5.41) is 5.91. The van der Waals surface area contributed by atoms with E-state index in [9.17, 15) is 4.79 Å². The van der Waals surface area contributed by atoms with E-state index in [0.29, 0.717) is 40.6 Å². The maximum absolute atomic E-state index is 12.5. The van der Waals surface area contributed by atoms with E-state index in [0.717, 1.165) is 16.7 Å². The summed E-state index contributed by atoms with van der Waals surface area (Å²) in [5.41, 5.74) is 5.69. The van der Waals surface area contributed by atoms with Crippen molar-refractivity contribution in [3.8, 4) is 28.3 Å². The van der Waals surface area contributed by atoms with Crippen molar-refractivity contribution in [1.29, 1.82) is 0 Å². The first-order chi connectivity index (χ1) is 17.6. The third-order valence-electron chi connectivity index (χ3n) is 5.54. The molecule has 6 nitrogen and oxygen atoms in total. The molecule has 5 aromatic rings. The first-order valence-electron chi connectivity index (χ1n) is 11.5. The number of rotatable bonds is 6. The second kappa shape index (κ2) is 10.4. The van der Waals surface area contributed by atoms with Crippen LogP contribution in [-0.4, -0.2) is 22.6 Å². The molecule has 0 saturated heterocycles. The first-order valence-corrected chi connectivity index (χ1v) is 11.9. The summed E-state index contributed by atoms with van der Waals surface area (Å²) in [4.78, 5) is 17.1. The average Bonchev–Trinajstić information content (AvgIpc) is 3.33. The van der Waals surface area contributed by atoms with Crippen LogP contribution in [0, 0.1) is 0 Å². The molecular formula is C29H23N3O3S. The van der Waals surface area contributed by atoms with E-state index < -0.39 is 0 Å². The molecule has 0 spiro atoms. The molecule has 5 rings (SSSR count). The zero-order valence-corrected chi connectivity index (χ0v) is 20.3. The van der Waals surface area contributed by atoms with E-state index in [1.165, 1.54) is 0 Å². The number of aromatic nitrogens is 1. The number of nitrogens with one attached hydrogen (secondary N) is 2. The summed E-state index contributed by atoms with van der Waals surface area (Å²) >= 11 is 5.33. The van der Waals surface area contributed by atoms with Crippen molar-refractivity contribution >= 4 is 40.0 Å². The number of nitrogens with zero attached hydrogens (tertiary/aromatic N) is 1. The highest BCUT2D eigenvalue weighted by Gasteiger charge is 2.12. The van der Waals surface area contributed by atoms with Crippen molar-refractivity contribution in [1.82, 2.24) is 10.3 Å². The van der Waals surface area contributed by atoms with Gasteiger partial charge in [-0.3, -0.25) is 10.1 Å². The highest BCUT2D eigenvalue weighted by atomic mass is 32.1. The summed E-state index contributed by atoms with van der Waals surface area (Å²) < 4.78 is 11.4. The summed E-state index contributed by atoms with van der Waals surface area (Å²) in [6.07, 6.45) is 0. The standard InChI is InChI=1S/C29H23N3O3S/c1-2-34-24-15-12-21(13-16-24)27(33)32-29(36)30-23-14-17-26-25(18-23)31-28(35-26)22-10-8-20(9-11-22)19-6-4-3-5-7-19/h3-18H,2H2,1H3,(H2,30,32,33,36). The lowest BCUT2D eigenvalue weighted by Gasteiger charge is -2.10. The number of ether oxygens (including phenoxy) is 1. The fourth-order valence-electron chi connectivity index (χ4n) is 3.77. The third-order valence-corrected chi connectivity index (χ3v) is 5.74. The van der Waals surface area contributed by atoms with E-state index >= 15 is 0 Å². The summed E-state index contributed by atoms with van der Waals surface area (Å²) in [6.45, 7) is 2.47. The molecule has 7 heteroatoms. The molecule has 2 N–H and O–H groups in total. The number of amides is 1. The first kappa shape index (κ1) is 23.3. The van der Waals surface area contributed by atoms with Crippen molar-refractivity contribution in [2.75, 3.05) is 11.9 Å². The molecule has 0 bridgehead atoms. The molecule has 0 aliphatic carbocycles. The van der Waals surface area contributed by atoms with E-state index in [-0.39, 0.29) is 11.0 Å². The van der Waals surface area contributed by atoms with Crippen LogP contribution in [0.15, 0.2) is 101 Å². The molecule has 0 aliphatic heterocycles. The van der Waals surface area contributed by atoms with E-state index in [2.05, 4.69) is 39.9 Å². The summed E-state index contributed by atoms with van der Waals surface area (Å²) in [5.74, 6) is 0.939. The van der Waals surface area contributed by atoms with Gasteiger partial charge in [0.15, 0.2) is 10.7 Å². The Morgan fingerprint density at radius 3 is 2.31 bits per heavy atom. The van der Waals surface area contributed by atoms with Gasteiger partial charge in [-0.1, -0.05) is 42.5 Å². The monoisotopic (exact) mass is 493 g/mol. The minimum atomic E-state index is -0.306. The summed E-state index contributed by atoms with van der Waals surface area (Å²) in [7, 11) is 0. The van der Waals surface area contributed by atoms with Crippen LogP contribution in [0.1, 0.15) is 17.3 Å². The van der Waals surface area contributed by atoms with Crippen LogP contribution >= 0.6 is 12.2 Å². The van der Waals surface area contributed by atoms with Gasteiger partial charge >= 0.3 is 0 Å². The largest absolute Gasteiger partial charge is 0.494 e. The minimum absolute atomic E-state index is 0.188. The van der Waals surface area contributed by atoms with Crippen molar-refractivity contribution in [3.05, 3.63) is 103 Å². The van der Waals surface area contributed by atoms with E-state index in [1.807, 2.05) is 55.5 Å². The highest BCUT2D eigenvalue weighted by Crippen LogP contribution is 2.28. The second-order valence-electron chi connectivity index (χ2n) is 8.01. The fourth-order valence-corrected chi connectivity index (χ4v) is 3.98. The fraction of sp³-hybridized carbons (Fsp3) is 0.0690. The zero-order chi connectivity index (χ0) is 24.9. The molecular weight excluding hydrogens is 470 g/mol. The lowest BCUT2D eigenvalue weighted by Crippen LogP contribution is -2.34. The lowest BCUT2D eigenvalue weighted by atomic mass is 10.0. The predicted molar refractivity (Wildman–Crippen MR) is 146 cm³/mol. The predicted octanol–water partition coefficient (Wildman–Crippen LogP) is 6.69. The van der Waals surface area contributed by atoms with Crippen molar-refractivity contribution < 1.29 is 13.9 Å². The van der Waals surface area contributed by atoms with E-state index in [4.69, 9.17) is 21.4 Å². The van der Waals surface area contributed by atoms with Crippen molar-refractivity contribution in [3.63, 3.8) is 0 Å². The average molecular weight is 494 g/mol. The molecule has 0 aliphatic rings. The molecule has 1 aromatic heterocycles. The molecule has 1 heterocycles. The van der Waals surface area contributed by atoms with Crippen LogP contribution in [0.5, 0.6) is 5.75 Å². The van der Waals surface area contributed by atoms with Gasteiger partial charge in [-0.2, -0.15) is 0 Å². The molecule has 0 radical (unpaired) electrons. The Hall–Kier alpha value is -4.49. The SMILES string of the molecule is CCOc1ccc(C(=O)NC(=S)Nc2ccc3oc(-c4ccc(-c5ccccc5)cc4)nc3c2)cc1. The molecule has 178 valence electrons. The number of thiocarbonyl (C=S) groups is 1. The van der Waals surface area contributed by atoms with Gasteiger partial charge in [0, 0.05) is 16.8 Å². The summed E-state index contributed by atoms with van der Waals surface area (Å²) in [6, 6.07) is 30.7. The second-order valence-corrected chi connectivity index (χ2v) is 8.42. The molecule has 0 fully saturated rings. The quantitative estimate of drug-likeness (QED) is 0.257. The van der Waals surface area contributed by atoms with Crippen LogP contribution in [0.4, 0.5) is 5.69 Å². The Labute approximate surface area is 213 Å². The Morgan fingerprint density at radius 2 is 1.58 bits per heavy atom. The molecule has 0 unspecified atom stereocenters. The number of hydrogen-bond acceptors (Lipinski definition) is 5. The Balaban J connectivity index is 1.26. The van der Waals surface area contributed by atoms with Crippen LogP contribution in [0.25, 0.3) is 33.7 Å². The number of anilines is 1. The molecule has 1 amide bonds. The Morgan fingerprint density at radius 1 is 0.889 bits per heavy atom. The van der Waals surface area contributed by atoms with Crippen molar-refractivity contribution in [2.45, 2.75) is 6.92 Å². The number of hydrogen-bond donors (Lipinski definition) is 2. The smallest absolute Gasteiger partial charge is 0.257 e. The molecule has 36 heavy (non-hydrogen) atoms. The number of carbonyl (C=O) groups is 1. The van der Waals surface area contributed by atoms with Gasteiger partial charge < -0.3 is 14.5 Å². The third kappa shape index (κ3) is 5.26. The molecule has 0 atom stereocenters. The van der Waals surface area contributed by atoms with Crippen LogP contribution in [0.3, 0.4) is 0 Å². The van der Waals surface area contributed by atoms with E-state index in [1.54, 1.807) is 24.3 Å². The van der Waals surface area contributed by atoms with Crippen LogP contribution in [-0.2, 0) is 0 Å². The van der Waals surface area contributed by atoms with Crippen LogP contribution < -0.4 is 15.4 Å². The van der Waals surface area contributed by atoms with Gasteiger partial charge in [0.05, 0.1) is 6.61 Å². The van der Waals surface area contributed by atoms with Gasteiger partial charge in [-0.25, -0.2) is 4.98 Å². The van der Waals surface area contributed by atoms with Gasteiger partial charge in [0.25, 0.3) is 5.91 Å². The zero-order valence-electron chi connectivity index (χ0n) is 19.5. The van der Waals surface area contributed by atoms with Gasteiger partial charge in [0.1, 0.15) is 11.3 Å². The number of carbonyl (C=O) groups excluding carboxylic acids is 1. The number of oxazole rings is 1. The Kier molecular flexibility index (Phi) is 6.73. The topological polar surface area (TPSA) is 76.4 Å². The van der Waals surface area contributed by atoms with Crippen LogP contribution in [0.2, 0.25) is 0 Å². The molecule has 0 saturated carbocycles. The number of fused-ring (bicyclic) bond motifs is 1. The highest BCUT2D eigenvalue weighted by molar-refractivity contribution is 7.80. The maximum Gasteiger partial charge on any atom is 0.257 e. The number of benzene rings is 4. The minimum Gasteiger partial charge on any atom is -0.494 e. The lowest BCUT2D eigenvalue weighted by molar-refractivity contribution is 0.0977. The van der Waals surface area contributed by atoms with Crippen molar-refractivity contribution in [2.24, 2.45) is 0 Å². The maximum atomic E-state index is 12.5. The molecule has 4 aromatic carbocycles. The Bertz CT molecular complexity index is 1510. The normalized spacial score (nSPS) is 10.7. The van der Waals surface area contributed by atoms with Gasteiger partial charge in [-0.05, 0) is 84.9 Å². The van der Waals surface area contributed by atoms with Gasteiger partial charge in [-0.15, -0.1) is 0 Å². The van der Waals surface area contributed by atoms with Gasteiger partial charge in [0.2, 0.25) is 5.89 Å².